The summed E-state index contributed by atoms with van der Waals surface area (Å²) in [4.78, 5) is 13.2. The normalized spacial score (nSPS) is 11.8. The molecule has 0 unspecified atom stereocenters. The van der Waals surface area contributed by atoms with Crippen LogP contribution in [0.25, 0.3) is 10.9 Å². The van der Waals surface area contributed by atoms with E-state index in [-0.39, 0.29) is 10.5 Å². The number of H-pyrrole nitrogens is 1. The summed E-state index contributed by atoms with van der Waals surface area (Å²) in [5, 5.41) is 0.696. The molecular weight excluding hydrogens is 218 g/mol. The van der Waals surface area contributed by atoms with Crippen molar-refractivity contribution in [1.82, 2.24) is 4.98 Å². The van der Waals surface area contributed by atoms with E-state index < -0.39 is 10.1 Å². The first-order chi connectivity index (χ1) is 6.97. The first-order valence-corrected chi connectivity index (χ1v) is 5.51. The third-order valence-corrected chi connectivity index (χ3v) is 2.84. The molecule has 0 fully saturated rings. The predicted molar refractivity (Wildman–Crippen MR) is 54.4 cm³/mol. The Kier molecular flexibility index (Phi) is 2.09. The molecule has 2 aromatic rings. The van der Waals surface area contributed by atoms with Gasteiger partial charge in [-0.05, 0) is 23.6 Å². The fourth-order valence-corrected chi connectivity index (χ4v) is 1.80. The number of nitrogens with one attached hydrogen (secondary N) is 1. The Morgan fingerprint density at radius 1 is 1.13 bits per heavy atom. The number of hydrogen-bond donors (Lipinski definition) is 2. The van der Waals surface area contributed by atoms with Gasteiger partial charge in [0.1, 0.15) is 0 Å². The van der Waals surface area contributed by atoms with Crippen molar-refractivity contribution < 1.29 is 13.0 Å². The number of rotatable bonds is 1. The molecule has 78 valence electrons. The Bertz CT molecular complexity index is 672. The summed E-state index contributed by atoms with van der Waals surface area (Å²) < 4.78 is 30.4. The minimum Gasteiger partial charge on any atom is -0.322 e. The van der Waals surface area contributed by atoms with Crippen molar-refractivity contribution in [1.29, 1.82) is 0 Å². The average Bonchev–Trinajstić information content (AvgIpc) is 2.15. The lowest BCUT2D eigenvalue weighted by Crippen LogP contribution is -2.04. The van der Waals surface area contributed by atoms with Gasteiger partial charge in [-0.25, -0.2) is 0 Å². The Balaban J connectivity index is 2.81. The molecule has 1 heterocycles. The molecule has 0 spiro atoms. The maximum atomic E-state index is 11.0. The first kappa shape index (κ1) is 9.88. The Hall–Kier alpha value is -1.66. The lowest BCUT2D eigenvalue weighted by atomic mass is 10.2. The van der Waals surface area contributed by atoms with Crippen LogP contribution in [0.5, 0.6) is 0 Å². The van der Waals surface area contributed by atoms with E-state index in [0.29, 0.717) is 10.9 Å². The fourth-order valence-electron chi connectivity index (χ4n) is 1.29. The second-order valence-corrected chi connectivity index (χ2v) is 4.47. The molecule has 0 amide bonds. The summed E-state index contributed by atoms with van der Waals surface area (Å²) in [5.41, 5.74) is 0.0487. The van der Waals surface area contributed by atoms with E-state index in [1.54, 1.807) is 6.07 Å². The summed E-state index contributed by atoms with van der Waals surface area (Å²) >= 11 is 0. The zero-order chi connectivity index (χ0) is 11.1. The van der Waals surface area contributed by atoms with Gasteiger partial charge in [0.25, 0.3) is 10.1 Å². The van der Waals surface area contributed by atoms with Gasteiger partial charge in [0.15, 0.2) is 0 Å². The maximum Gasteiger partial charge on any atom is 0.294 e. The molecule has 0 atom stereocenters. The van der Waals surface area contributed by atoms with Crippen LogP contribution in [0.4, 0.5) is 0 Å². The van der Waals surface area contributed by atoms with Gasteiger partial charge in [0, 0.05) is 11.6 Å². The second kappa shape index (κ2) is 3.18. The van der Waals surface area contributed by atoms with E-state index in [2.05, 4.69) is 4.98 Å². The van der Waals surface area contributed by atoms with E-state index in [1.165, 1.54) is 24.3 Å². The van der Waals surface area contributed by atoms with Gasteiger partial charge in [0.2, 0.25) is 5.56 Å². The van der Waals surface area contributed by atoms with Crippen molar-refractivity contribution in [2.45, 2.75) is 4.90 Å². The predicted octanol–water partition coefficient (Wildman–Crippen LogP) is 0.775. The topological polar surface area (TPSA) is 87.2 Å². The molecule has 0 radical (unpaired) electrons. The van der Waals surface area contributed by atoms with Crippen LogP contribution in [0, 0.1) is 0 Å². The van der Waals surface area contributed by atoms with Crippen LogP contribution in [0.1, 0.15) is 0 Å². The third kappa shape index (κ3) is 1.90. The number of fused-ring (bicyclic) bond motifs is 1. The minimum absolute atomic E-state index is 0.239. The Morgan fingerprint density at radius 3 is 2.47 bits per heavy atom. The van der Waals surface area contributed by atoms with Gasteiger partial charge >= 0.3 is 0 Å². The van der Waals surface area contributed by atoms with Gasteiger partial charge in [0.05, 0.1) is 4.90 Å². The van der Waals surface area contributed by atoms with Crippen LogP contribution in [0.2, 0.25) is 0 Å². The molecule has 1 aromatic heterocycles. The highest BCUT2D eigenvalue weighted by Crippen LogP contribution is 2.15. The zero-order valence-electron chi connectivity index (χ0n) is 7.47. The molecule has 2 N–H and O–H groups in total. The van der Waals surface area contributed by atoms with Gasteiger partial charge in [-0.2, -0.15) is 8.42 Å². The number of benzene rings is 1. The molecule has 6 heteroatoms. The maximum absolute atomic E-state index is 11.0. The summed E-state index contributed by atoms with van der Waals surface area (Å²) in [6, 6.07) is 6.91. The molecular formula is C9H7NO4S. The average molecular weight is 225 g/mol. The molecule has 0 saturated carbocycles. The summed E-state index contributed by atoms with van der Waals surface area (Å²) in [6.07, 6.45) is 0. The van der Waals surface area contributed by atoms with E-state index in [4.69, 9.17) is 4.55 Å². The highest BCUT2D eigenvalue weighted by molar-refractivity contribution is 7.85. The smallest absolute Gasteiger partial charge is 0.294 e. The SMILES string of the molecule is O=c1ccc2ccc(S(=O)(=O)O)cc2[nH]1. The van der Waals surface area contributed by atoms with Crippen LogP contribution in [-0.2, 0) is 10.1 Å². The van der Waals surface area contributed by atoms with Crippen LogP contribution in [0.15, 0.2) is 40.0 Å². The molecule has 0 aliphatic rings. The van der Waals surface area contributed by atoms with E-state index in [1.807, 2.05) is 0 Å². The monoisotopic (exact) mass is 225 g/mol. The van der Waals surface area contributed by atoms with Crippen molar-refractivity contribution in [3.8, 4) is 0 Å². The molecule has 0 aliphatic heterocycles. The molecule has 15 heavy (non-hydrogen) atoms. The minimum atomic E-state index is -4.23. The Morgan fingerprint density at radius 2 is 1.80 bits per heavy atom. The van der Waals surface area contributed by atoms with Gasteiger partial charge in [-0.1, -0.05) is 6.07 Å². The quantitative estimate of drug-likeness (QED) is 0.702. The lowest BCUT2D eigenvalue weighted by Gasteiger charge is -1.99. The molecule has 0 aliphatic carbocycles. The standard InChI is InChI=1S/C9H7NO4S/c11-9-4-2-6-1-3-7(15(12,13)14)5-8(6)10-9/h1-5H,(H,10,11)(H,12,13,14). The summed E-state index contributed by atoms with van der Waals surface area (Å²) in [5.74, 6) is 0. The Labute approximate surface area is 85.1 Å². The van der Waals surface area contributed by atoms with Crippen LogP contribution < -0.4 is 5.56 Å². The van der Waals surface area contributed by atoms with Crippen molar-refractivity contribution in [2.75, 3.05) is 0 Å². The van der Waals surface area contributed by atoms with Gasteiger partial charge in [-0.3, -0.25) is 9.35 Å². The van der Waals surface area contributed by atoms with E-state index in [0.717, 1.165) is 0 Å². The molecule has 0 bridgehead atoms. The zero-order valence-corrected chi connectivity index (χ0v) is 8.28. The van der Waals surface area contributed by atoms with Gasteiger partial charge in [-0.15, -0.1) is 0 Å². The number of pyridine rings is 1. The summed E-state index contributed by atoms with van der Waals surface area (Å²) in [6.45, 7) is 0. The highest BCUT2D eigenvalue weighted by atomic mass is 32.2. The van der Waals surface area contributed by atoms with Crippen molar-refractivity contribution in [2.24, 2.45) is 0 Å². The molecule has 2 rings (SSSR count). The van der Waals surface area contributed by atoms with Crippen molar-refractivity contribution in [3.05, 3.63) is 40.7 Å². The van der Waals surface area contributed by atoms with Crippen molar-refractivity contribution >= 4 is 21.0 Å². The molecule has 5 nitrogen and oxygen atoms in total. The number of aromatic amines is 1. The lowest BCUT2D eigenvalue weighted by molar-refractivity contribution is 0.483. The van der Waals surface area contributed by atoms with Crippen LogP contribution in [-0.4, -0.2) is 18.0 Å². The largest absolute Gasteiger partial charge is 0.322 e. The fraction of sp³-hybridized carbons (Fsp3) is 0. The van der Waals surface area contributed by atoms with E-state index in [9.17, 15) is 13.2 Å². The number of hydrogen-bond acceptors (Lipinski definition) is 3. The second-order valence-electron chi connectivity index (χ2n) is 3.05. The van der Waals surface area contributed by atoms with Crippen LogP contribution in [0.3, 0.4) is 0 Å². The van der Waals surface area contributed by atoms with Crippen molar-refractivity contribution in [3.63, 3.8) is 0 Å². The van der Waals surface area contributed by atoms with E-state index >= 15 is 0 Å². The molecule has 1 aromatic carbocycles. The number of aromatic nitrogens is 1. The summed E-state index contributed by atoms with van der Waals surface area (Å²) in [7, 11) is -4.23. The third-order valence-electron chi connectivity index (χ3n) is 1.99. The molecule has 0 saturated heterocycles. The first-order valence-electron chi connectivity index (χ1n) is 4.07. The van der Waals surface area contributed by atoms with Crippen LogP contribution >= 0.6 is 0 Å². The van der Waals surface area contributed by atoms with Gasteiger partial charge < -0.3 is 4.98 Å². The highest BCUT2D eigenvalue weighted by Gasteiger charge is 2.09.